The average Bonchev–Trinajstić information content (AvgIpc) is 3.02. The number of Topliss-reactive ketones (excluding diaryl/α,β-unsaturated/α-hetero) is 1. The molecule has 0 saturated carbocycles. The highest BCUT2D eigenvalue weighted by atomic mass is 16.5. The van der Waals surface area contributed by atoms with Gasteiger partial charge in [-0.05, 0) is 24.6 Å². The molecule has 0 aliphatic carbocycles. The van der Waals surface area contributed by atoms with Crippen LogP contribution < -0.4 is 15.5 Å². The van der Waals surface area contributed by atoms with Crippen molar-refractivity contribution in [3.63, 3.8) is 0 Å². The first kappa shape index (κ1) is 36.7. The van der Waals surface area contributed by atoms with Gasteiger partial charge in [0.05, 0.1) is 19.8 Å². The Hall–Kier alpha value is -3.76. The first-order chi connectivity index (χ1) is 22.3. The van der Waals surface area contributed by atoms with Gasteiger partial charge in [0.2, 0.25) is 11.2 Å². The maximum absolute atomic E-state index is 13.3. The number of ether oxygens (including phenoxy) is 2. The van der Waals surface area contributed by atoms with Gasteiger partial charge in [-0.2, -0.15) is 0 Å². The third kappa shape index (κ3) is 12.2. The van der Waals surface area contributed by atoms with Crippen LogP contribution in [0.1, 0.15) is 96.8 Å². The Morgan fingerprint density at radius 2 is 1.41 bits per heavy atom. The van der Waals surface area contributed by atoms with Gasteiger partial charge < -0.3 is 39.6 Å². The van der Waals surface area contributed by atoms with Crippen LogP contribution in [0, 0.1) is 0 Å². The largest absolute Gasteiger partial charge is 0.508 e. The molecule has 0 unspecified atom stereocenters. The lowest BCUT2D eigenvalue weighted by molar-refractivity contribution is -0.118. The second-order valence-electron chi connectivity index (χ2n) is 11.8. The summed E-state index contributed by atoms with van der Waals surface area (Å²) in [6.45, 7) is 3.48. The third-order valence-corrected chi connectivity index (χ3v) is 7.93. The van der Waals surface area contributed by atoms with Gasteiger partial charge in [0.25, 0.3) is 0 Å². The summed E-state index contributed by atoms with van der Waals surface area (Å²) in [5, 5.41) is 42.7. The lowest BCUT2D eigenvalue weighted by Gasteiger charge is -2.13. The van der Waals surface area contributed by atoms with E-state index in [4.69, 9.17) is 13.9 Å². The number of carbonyl (C=O) groups is 1. The van der Waals surface area contributed by atoms with Gasteiger partial charge in [-0.15, -0.1) is 0 Å². The highest BCUT2D eigenvalue weighted by Gasteiger charge is 2.21. The zero-order chi connectivity index (χ0) is 33.1. The van der Waals surface area contributed by atoms with E-state index in [1.54, 1.807) is 0 Å². The Morgan fingerprint density at radius 3 is 2.07 bits per heavy atom. The minimum atomic E-state index is -0.676. The van der Waals surface area contributed by atoms with Gasteiger partial charge in [-0.25, -0.2) is 0 Å². The third-order valence-electron chi connectivity index (χ3n) is 7.93. The number of benzene rings is 2. The lowest BCUT2D eigenvalue weighted by atomic mass is 10.0. The molecule has 0 saturated heterocycles. The molecular weight excluding hydrogens is 590 g/mol. The monoisotopic (exact) mass is 641 g/mol. The fraction of sp³-hybridized carbons (Fsp3) is 0.556. The maximum atomic E-state index is 13.3. The molecule has 2 aromatic carbocycles. The minimum absolute atomic E-state index is 0.0237. The van der Waals surface area contributed by atoms with Crippen molar-refractivity contribution in [1.82, 2.24) is 5.32 Å². The summed E-state index contributed by atoms with van der Waals surface area (Å²) in [7, 11) is 0. The van der Waals surface area contributed by atoms with Crippen molar-refractivity contribution in [3.8, 4) is 40.1 Å². The molecule has 1 heterocycles. The Labute approximate surface area is 271 Å². The van der Waals surface area contributed by atoms with Crippen LogP contribution >= 0.6 is 0 Å². The summed E-state index contributed by atoms with van der Waals surface area (Å²) in [5.74, 6) is -1.64. The number of fused-ring (bicyclic) bond motifs is 1. The zero-order valence-corrected chi connectivity index (χ0v) is 27.2. The smallest absolute Gasteiger partial charge is 0.239 e. The predicted octanol–water partition coefficient (Wildman–Crippen LogP) is 7.32. The summed E-state index contributed by atoms with van der Waals surface area (Å²) in [4.78, 5) is 25.4. The van der Waals surface area contributed by atoms with Crippen molar-refractivity contribution in [2.75, 3.05) is 32.9 Å². The summed E-state index contributed by atoms with van der Waals surface area (Å²) in [5.41, 5.74) is -0.519. The highest BCUT2D eigenvalue weighted by molar-refractivity contribution is 5.88. The van der Waals surface area contributed by atoms with Crippen molar-refractivity contribution in [2.45, 2.75) is 96.8 Å². The number of nitrogens with one attached hydrogen (secondary N) is 1. The van der Waals surface area contributed by atoms with E-state index in [-0.39, 0.29) is 58.5 Å². The van der Waals surface area contributed by atoms with Crippen molar-refractivity contribution >= 4 is 16.8 Å². The van der Waals surface area contributed by atoms with E-state index in [0.29, 0.717) is 26.1 Å². The fourth-order valence-electron chi connectivity index (χ4n) is 5.36. The molecule has 0 radical (unpaired) electrons. The van der Waals surface area contributed by atoms with Crippen LogP contribution in [-0.4, -0.2) is 59.1 Å². The fourth-order valence-corrected chi connectivity index (χ4v) is 5.36. The normalized spacial score (nSPS) is 11.3. The van der Waals surface area contributed by atoms with Crippen LogP contribution in [-0.2, 0) is 9.53 Å². The summed E-state index contributed by atoms with van der Waals surface area (Å²) in [6, 6.07) is 6.08. The molecular formula is C36H51NO9. The number of hydrogen-bond acceptors (Lipinski definition) is 10. The summed E-state index contributed by atoms with van der Waals surface area (Å²) >= 11 is 0. The van der Waals surface area contributed by atoms with Gasteiger partial charge in [0.1, 0.15) is 34.9 Å². The molecule has 1 aromatic heterocycles. The van der Waals surface area contributed by atoms with Crippen molar-refractivity contribution < 1.29 is 39.1 Å². The molecule has 10 nitrogen and oxygen atoms in total. The van der Waals surface area contributed by atoms with E-state index >= 15 is 0 Å². The molecule has 0 fully saturated rings. The Morgan fingerprint density at radius 1 is 0.761 bits per heavy atom. The molecule has 0 amide bonds. The standard InChI is InChI=1S/C36H51NO9/c1-2-3-4-5-6-7-8-9-10-11-12-13-14-15-27(38)25-37-18-19-44-20-21-45-36-34(43)33-31(42)23-28(39)24-32(33)46-35(36)26-16-17-29(40)30(41)22-26/h16-17,22-24,37,39-42H,2-15,18-21,25H2,1H3. The molecule has 46 heavy (non-hydrogen) atoms. The molecule has 0 bridgehead atoms. The van der Waals surface area contributed by atoms with Gasteiger partial charge in [-0.1, -0.05) is 84.0 Å². The number of hydrogen-bond donors (Lipinski definition) is 5. The van der Waals surface area contributed by atoms with Gasteiger partial charge in [0, 0.05) is 30.7 Å². The number of carbonyl (C=O) groups excluding carboxylic acids is 1. The molecule has 0 aliphatic rings. The molecule has 0 spiro atoms. The number of phenolic OH excluding ortho intramolecular Hbond substituents is 4. The summed E-state index contributed by atoms with van der Waals surface area (Å²) in [6.07, 6.45) is 17.2. The Balaban J connectivity index is 1.31. The van der Waals surface area contributed by atoms with Crippen molar-refractivity contribution in [2.24, 2.45) is 0 Å². The minimum Gasteiger partial charge on any atom is -0.508 e. The second kappa shape index (κ2) is 20.4. The molecule has 5 N–H and O–H groups in total. The number of rotatable bonds is 24. The molecule has 3 aromatic rings. The molecule has 3 rings (SSSR count). The van der Waals surface area contributed by atoms with Gasteiger partial charge >= 0.3 is 0 Å². The number of aromatic hydroxyl groups is 4. The van der Waals surface area contributed by atoms with Crippen LogP contribution in [0.2, 0.25) is 0 Å². The predicted molar refractivity (Wildman–Crippen MR) is 179 cm³/mol. The number of ketones is 1. The zero-order valence-electron chi connectivity index (χ0n) is 27.2. The van der Waals surface area contributed by atoms with Crippen LogP contribution in [0.5, 0.6) is 28.7 Å². The Bertz CT molecular complexity index is 1420. The topological polar surface area (TPSA) is 159 Å². The van der Waals surface area contributed by atoms with Gasteiger partial charge in [0.15, 0.2) is 17.3 Å². The van der Waals surface area contributed by atoms with E-state index in [1.165, 1.54) is 94.9 Å². The van der Waals surface area contributed by atoms with Crippen molar-refractivity contribution in [1.29, 1.82) is 0 Å². The van der Waals surface area contributed by atoms with E-state index in [2.05, 4.69) is 12.2 Å². The number of phenols is 4. The van der Waals surface area contributed by atoms with Gasteiger partial charge in [-0.3, -0.25) is 9.59 Å². The van der Waals surface area contributed by atoms with E-state index < -0.39 is 16.9 Å². The first-order valence-electron chi connectivity index (χ1n) is 16.8. The molecule has 0 aliphatic heterocycles. The maximum Gasteiger partial charge on any atom is 0.239 e. The quantitative estimate of drug-likeness (QED) is 0.0496. The highest BCUT2D eigenvalue weighted by Crippen LogP contribution is 2.38. The summed E-state index contributed by atoms with van der Waals surface area (Å²) < 4.78 is 17.1. The van der Waals surface area contributed by atoms with E-state index in [1.807, 2.05) is 0 Å². The number of unbranched alkanes of at least 4 members (excludes halogenated alkanes) is 12. The van der Waals surface area contributed by atoms with Crippen LogP contribution in [0.4, 0.5) is 0 Å². The second-order valence-corrected chi connectivity index (χ2v) is 11.8. The van der Waals surface area contributed by atoms with Crippen LogP contribution in [0.3, 0.4) is 0 Å². The molecule has 254 valence electrons. The lowest BCUT2D eigenvalue weighted by Crippen LogP contribution is -2.27. The average molecular weight is 642 g/mol. The molecule has 0 atom stereocenters. The molecule has 10 heteroatoms. The van der Waals surface area contributed by atoms with E-state index in [0.717, 1.165) is 18.9 Å². The van der Waals surface area contributed by atoms with Crippen LogP contribution in [0.15, 0.2) is 39.5 Å². The van der Waals surface area contributed by atoms with Crippen molar-refractivity contribution in [3.05, 3.63) is 40.6 Å². The first-order valence-corrected chi connectivity index (χ1v) is 16.8. The van der Waals surface area contributed by atoms with Crippen LogP contribution in [0.25, 0.3) is 22.3 Å². The Kier molecular flexibility index (Phi) is 16.3. The SMILES string of the molecule is CCCCCCCCCCCCCCCC(=O)CNCCOCCOc1c(-c2ccc(O)c(O)c2)oc2cc(O)cc(O)c2c1=O. The van der Waals surface area contributed by atoms with E-state index in [9.17, 15) is 30.0 Å².